The summed E-state index contributed by atoms with van der Waals surface area (Å²) in [4.78, 5) is 27.4. The first-order chi connectivity index (χ1) is 12.0. The Morgan fingerprint density at radius 2 is 2.08 bits per heavy atom. The van der Waals surface area contributed by atoms with E-state index in [-0.39, 0.29) is 30.9 Å². The first-order valence-corrected chi connectivity index (χ1v) is 8.30. The molecule has 1 aromatic heterocycles. The van der Waals surface area contributed by atoms with Gasteiger partial charge in [-0.05, 0) is 6.92 Å². The minimum absolute atomic E-state index is 0.0381. The highest BCUT2D eigenvalue weighted by molar-refractivity contribution is 5.82. The number of benzene rings is 1. The van der Waals surface area contributed by atoms with Gasteiger partial charge in [0.2, 0.25) is 11.8 Å². The van der Waals surface area contributed by atoms with Crippen LogP contribution in [0.5, 0.6) is 0 Å². The van der Waals surface area contributed by atoms with Crippen LogP contribution in [0.25, 0.3) is 11.3 Å². The number of carbonyl (C=O) groups is 2. The van der Waals surface area contributed by atoms with Crippen LogP contribution in [-0.2, 0) is 9.59 Å². The zero-order valence-corrected chi connectivity index (χ0v) is 14.4. The van der Waals surface area contributed by atoms with Gasteiger partial charge in [-0.15, -0.1) is 0 Å². The van der Waals surface area contributed by atoms with Crippen molar-refractivity contribution in [1.29, 1.82) is 0 Å². The van der Waals surface area contributed by atoms with Gasteiger partial charge in [-0.3, -0.25) is 14.5 Å². The van der Waals surface area contributed by atoms with Gasteiger partial charge in [0.15, 0.2) is 5.76 Å². The number of nitrogens with zero attached hydrogens (tertiary/aromatic N) is 3. The summed E-state index contributed by atoms with van der Waals surface area (Å²) in [6.45, 7) is 3.69. The molecule has 1 N–H and O–H groups in total. The third-order valence-corrected chi connectivity index (χ3v) is 4.31. The summed E-state index contributed by atoms with van der Waals surface area (Å²) in [5.74, 6) is 0.576. The molecule has 0 spiro atoms. The molecule has 1 unspecified atom stereocenters. The van der Waals surface area contributed by atoms with Crippen molar-refractivity contribution in [2.24, 2.45) is 0 Å². The molecule has 1 fully saturated rings. The highest BCUT2D eigenvalue weighted by Gasteiger charge is 2.23. The molecule has 1 aliphatic heterocycles. The third-order valence-electron chi connectivity index (χ3n) is 4.31. The van der Waals surface area contributed by atoms with E-state index >= 15 is 0 Å². The number of nitrogens with one attached hydrogen (secondary N) is 1. The third kappa shape index (κ3) is 4.24. The molecule has 2 heterocycles. The molecule has 7 nitrogen and oxygen atoms in total. The van der Waals surface area contributed by atoms with Crippen molar-refractivity contribution in [2.45, 2.75) is 13.0 Å². The maximum Gasteiger partial charge on any atom is 0.236 e. The normalized spacial score (nSPS) is 16.7. The summed E-state index contributed by atoms with van der Waals surface area (Å²) < 4.78 is 5.37. The van der Waals surface area contributed by atoms with E-state index in [9.17, 15) is 9.59 Å². The topological polar surface area (TPSA) is 78.7 Å². The second-order valence-electron chi connectivity index (χ2n) is 6.30. The fourth-order valence-electron chi connectivity index (χ4n) is 2.74. The molecule has 0 radical (unpaired) electrons. The zero-order valence-electron chi connectivity index (χ0n) is 14.4. The molecule has 132 valence electrons. The lowest BCUT2D eigenvalue weighted by Gasteiger charge is -2.31. The largest absolute Gasteiger partial charge is 0.356 e. The van der Waals surface area contributed by atoms with Gasteiger partial charge < -0.3 is 14.7 Å². The lowest BCUT2D eigenvalue weighted by Crippen LogP contribution is -2.51. The Balaban J connectivity index is 1.55. The predicted octanol–water partition coefficient (Wildman–Crippen LogP) is 1.29. The molecular weight excluding hydrogens is 320 g/mol. The Labute approximate surface area is 146 Å². The van der Waals surface area contributed by atoms with E-state index in [0.717, 1.165) is 5.56 Å². The number of hydrogen-bond donors (Lipinski definition) is 1. The SMILES string of the molecule is CC(NC(=O)CN1CCN(C)C(=O)C1)c1cc(-c2ccccc2)on1. The summed E-state index contributed by atoms with van der Waals surface area (Å²) in [6.07, 6.45) is 0. The van der Waals surface area contributed by atoms with Crippen molar-refractivity contribution in [3.05, 3.63) is 42.1 Å². The highest BCUT2D eigenvalue weighted by atomic mass is 16.5. The quantitative estimate of drug-likeness (QED) is 0.886. The maximum atomic E-state index is 12.2. The van der Waals surface area contributed by atoms with Gasteiger partial charge in [0, 0.05) is 31.8 Å². The molecule has 0 saturated carbocycles. The average Bonchev–Trinajstić information content (AvgIpc) is 3.09. The Bertz CT molecular complexity index is 744. The van der Waals surface area contributed by atoms with Crippen molar-refractivity contribution in [3.8, 4) is 11.3 Å². The van der Waals surface area contributed by atoms with Gasteiger partial charge >= 0.3 is 0 Å². The number of piperazine rings is 1. The average molecular weight is 342 g/mol. The van der Waals surface area contributed by atoms with Crippen LogP contribution < -0.4 is 5.32 Å². The monoisotopic (exact) mass is 342 g/mol. The van der Waals surface area contributed by atoms with Crippen molar-refractivity contribution in [1.82, 2.24) is 20.3 Å². The summed E-state index contributed by atoms with van der Waals surface area (Å²) >= 11 is 0. The molecule has 0 aliphatic carbocycles. The highest BCUT2D eigenvalue weighted by Crippen LogP contribution is 2.22. The number of aromatic nitrogens is 1. The lowest BCUT2D eigenvalue weighted by atomic mass is 10.1. The fourth-order valence-corrected chi connectivity index (χ4v) is 2.74. The minimum atomic E-state index is -0.267. The van der Waals surface area contributed by atoms with Gasteiger partial charge in [0.1, 0.15) is 5.69 Å². The second-order valence-corrected chi connectivity index (χ2v) is 6.30. The molecule has 1 aromatic carbocycles. The van der Waals surface area contributed by atoms with Crippen molar-refractivity contribution >= 4 is 11.8 Å². The summed E-state index contributed by atoms with van der Waals surface area (Å²) in [6, 6.07) is 11.2. The Kier molecular flexibility index (Phi) is 5.14. The van der Waals surface area contributed by atoms with Crippen molar-refractivity contribution < 1.29 is 14.1 Å². The smallest absolute Gasteiger partial charge is 0.236 e. The van der Waals surface area contributed by atoms with Gasteiger partial charge in [-0.1, -0.05) is 35.5 Å². The number of hydrogen-bond acceptors (Lipinski definition) is 5. The van der Waals surface area contributed by atoms with E-state index in [2.05, 4.69) is 10.5 Å². The van der Waals surface area contributed by atoms with Crippen LogP contribution in [0.15, 0.2) is 40.9 Å². The Hall–Kier alpha value is -2.67. The van der Waals surface area contributed by atoms with Crippen LogP contribution in [0.1, 0.15) is 18.7 Å². The number of amides is 2. The molecule has 1 saturated heterocycles. The molecule has 0 bridgehead atoms. The van der Waals surface area contributed by atoms with Crippen LogP contribution in [0.2, 0.25) is 0 Å². The van der Waals surface area contributed by atoms with Gasteiger partial charge in [-0.2, -0.15) is 0 Å². The molecule has 7 heteroatoms. The van der Waals surface area contributed by atoms with E-state index in [0.29, 0.717) is 24.5 Å². The standard InChI is InChI=1S/C18H22N4O3/c1-13(15-10-16(25-20-15)14-6-4-3-5-7-14)19-17(23)11-22-9-8-21(2)18(24)12-22/h3-7,10,13H,8-9,11-12H2,1-2H3,(H,19,23). The number of carbonyl (C=O) groups excluding carboxylic acids is 2. The molecule has 25 heavy (non-hydrogen) atoms. The van der Waals surface area contributed by atoms with Crippen LogP contribution in [0.4, 0.5) is 0 Å². The van der Waals surface area contributed by atoms with Crippen molar-refractivity contribution in [2.75, 3.05) is 33.2 Å². The van der Waals surface area contributed by atoms with Crippen LogP contribution in [0, 0.1) is 0 Å². The van der Waals surface area contributed by atoms with Crippen LogP contribution in [0.3, 0.4) is 0 Å². The Morgan fingerprint density at radius 3 is 2.80 bits per heavy atom. The molecule has 3 rings (SSSR count). The zero-order chi connectivity index (χ0) is 17.8. The minimum Gasteiger partial charge on any atom is -0.356 e. The summed E-state index contributed by atoms with van der Waals surface area (Å²) in [5.41, 5.74) is 1.61. The van der Waals surface area contributed by atoms with E-state index in [1.165, 1.54) is 0 Å². The number of likely N-dealkylation sites (N-methyl/N-ethyl adjacent to an activating group) is 1. The van der Waals surface area contributed by atoms with Crippen LogP contribution in [-0.4, -0.2) is 60.0 Å². The van der Waals surface area contributed by atoms with Gasteiger partial charge in [0.25, 0.3) is 0 Å². The van der Waals surface area contributed by atoms with E-state index in [4.69, 9.17) is 4.52 Å². The first kappa shape index (κ1) is 17.2. The fraction of sp³-hybridized carbons (Fsp3) is 0.389. The van der Waals surface area contributed by atoms with Gasteiger partial charge in [0.05, 0.1) is 19.1 Å². The maximum absolute atomic E-state index is 12.2. The molecule has 2 amide bonds. The number of rotatable bonds is 5. The first-order valence-electron chi connectivity index (χ1n) is 8.30. The van der Waals surface area contributed by atoms with E-state index < -0.39 is 0 Å². The lowest BCUT2D eigenvalue weighted by molar-refractivity contribution is -0.135. The molecule has 1 aliphatic rings. The predicted molar refractivity (Wildman–Crippen MR) is 92.6 cm³/mol. The molecule has 1 atom stereocenters. The second kappa shape index (κ2) is 7.48. The molecular formula is C18H22N4O3. The Morgan fingerprint density at radius 1 is 1.32 bits per heavy atom. The molecule has 2 aromatic rings. The van der Waals surface area contributed by atoms with E-state index in [1.807, 2.05) is 48.2 Å². The van der Waals surface area contributed by atoms with Crippen LogP contribution >= 0.6 is 0 Å². The van der Waals surface area contributed by atoms with E-state index in [1.54, 1.807) is 11.9 Å². The van der Waals surface area contributed by atoms with Gasteiger partial charge in [-0.25, -0.2) is 0 Å². The van der Waals surface area contributed by atoms with Crippen molar-refractivity contribution in [3.63, 3.8) is 0 Å². The summed E-state index contributed by atoms with van der Waals surface area (Å²) in [5, 5.41) is 6.96. The summed E-state index contributed by atoms with van der Waals surface area (Å²) in [7, 11) is 1.77.